The number of carboxylic acids is 1. The van der Waals surface area contributed by atoms with Gasteiger partial charge in [0.15, 0.2) is 0 Å². The number of amides is 2. The lowest BCUT2D eigenvalue weighted by Crippen LogP contribution is -2.31. The molecule has 0 aliphatic carbocycles. The average Bonchev–Trinajstić information content (AvgIpc) is 2.62. The summed E-state index contributed by atoms with van der Waals surface area (Å²) in [6.45, 7) is 1.39. The van der Waals surface area contributed by atoms with E-state index in [9.17, 15) is 14.4 Å². The molecule has 142 valence electrons. The van der Waals surface area contributed by atoms with Crippen LogP contribution in [-0.2, 0) is 40.1 Å². The van der Waals surface area contributed by atoms with Gasteiger partial charge in [-0.3, -0.25) is 19.8 Å². The Labute approximate surface area is 157 Å². The number of benzene rings is 2. The van der Waals surface area contributed by atoms with Gasteiger partial charge in [-0.05, 0) is 41.2 Å². The highest BCUT2D eigenvalue weighted by Gasteiger charge is 2.10. The van der Waals surface area contributed by atoms with Gasteiger partial charge in [0.25, 0.3) is 0 Å². The molecule has 0 spiro atoms. The molecule has 27 heavy (non-hydrogen) atoms. The van der Waals surface area contributed by atoms with Gasteiger partial charge in [0.1, 0.15) is 0 Å². The van der Waals surface area contributed by atoms with Crippen molar-refractivity contribution >= 4 is 23.5 Å². The van der Waals surface area contributed by atoms with Crippen LogP contribution in [0.1, 0.15) is 29.2 Å². The van der Waals surface area contributed by atoms with Crippen molar-refractivity contribution in [3.05, 3.63) is 64.7 Å². The fourth-order valence-corrected chi connectivity index (χ4v) is 2.75. The fraction of sp³-hybridized carbons (Fsp3) is 0.250. The van der Waals surface area contributed by atoms with Gasteiger partial charge in [-0.25, -0.2) is 5.84 Å². The third-order valence-corrected chi connectivity index (χ3v) is 4.08. The largest absolute Gasteiger partial charge is 0.481 e. The normalized spacial score (nSPS) is 10.3. The molecular formula is C20H23N3O4. The zero-order valence-corrected chi connectivity index (χ0v) is 15.1. The summed E-state index contributed by atoms with van der Waals surface area (Å²) in [6.07, 6.45) is 1.61. The number of carbonyl (C=O) groups excluding carboxylic acids is 2. The van der Waals surface area contributed by atoms with Crippen LogP contribution in [0.25, 0.3) is 0 Å². The summed E-state index contributed by atoms with van der Waals surface area (Å²) >= 11 is 0. The number of aryl methyl sites for hydroxylation is 2. The molecule has 2 aromatic carbocycles. The molecule has 0 atom stereocenters. The van der Waals surface area contributed by atoms with E-state index in [1.54, 1.807) is 6.07 Å². The Morgan fingerprint density at radius 2 is 1.52 bits per heavy atom. The fourth-order valence-electron chi connectivity index (χ4n) is 2.75. The number of carboxylic acid groups (broad SMARTS) is 1. The molecule has 0 radical (unpaired) electrons. The summed E-state index contributed by atoms with van der Waals surface area (Å²) in [5.41, 5.74) is 6.21. The van der Waals surface area contributed by atoms with Gasteiger partial charge in [0.05, 0.1) is 12.8 Å². The molecular weight excluding hydrogens is 346 g/mol. The van der Waals surface area contributed by atoms with Crippen LogP contribution in [0, 0.1) is 0 Å². The molecule has 0 aliphatic rings. The van der Waals surface area contributed by atoms with E-state index in [-0.39, 0.29) is 24.7 Å². The molecule has 0 fully saturated rings. The SMILES string of the molecule is CC(=O)Nc1cc(CCc2ccc(CC(=O)NN)cc2)ccc1CC(=O)O. The number of hydrazine groups is 1. The van der Waals surface area contributed by atoms with Crippen molar-refractivity contribution in [3.8, 4) is 0 Å². The topological polar surface area (TPSA) is 122 Å². The summed E-state index contributed by atoms with van der Waals surface area (Å²) in [6, 6.07) is 13.2. The lowest BCUT2D eigenvalue weighted by Gasteiger charge is -2.11. The van der Waals surface area contributed by atoms with Gasteiger partial charge in [-0.1, -0.05) is 36.4 Å². The lowest BCUT2D eigenvalue weighted by atomic mass is 9.99. The van der Waals surface area contributed by atoms with Crippen molar-refractivity contribution in [2.45, 2.75) is 32.6 Å². The Bertz CT molecular complexity index is 832. The number of nitrogens with two attached hydrogens (primary N) is 1. The van der Waals surface area contributed by atoms with Gasteiger partial charge in [-0.2, -0.15) is 0 Å². The van der Waals surface area contributed by atoms with E-state index < -0.39 is 5.97 Å². The summed E-state index contributed by atoms with van der Waals surface area (Å²) < 4.78 is 0. The predicted octanol–water partition coefficient (Wildman–Crippen LogP) is 1.59. The highest BCUT2D eigenvalue weighted by molar-refractivity contribution is 5.90. The number of hydrogen-bond acceptors (Lipinski definition) is 4. The molecule has 5 N–H and O–H groups in total. The molecule has 0 aliphatic heterocycles. The predicted molar refractivity (Wildman–Crippen MR) is 102 cm³/mol. The Morgan fingerprint density at radius 3 is 2.11 bits per heavy atom. The van der Waals surface area contributed by atoms with Crippen LogP contribution in [0.2, 0.25) is 0 Å². The first-order valence-electron chi connectivity index (χ1n) is 8.56. The van der Waals surface area contributed by atoms with E-state index in [0.29, 0.717) is 11.3 Å². The zero-order valence-electron chi connectivity index (χ0n) is 15.1. The first kappa shape index (κ1) is 20.1. The van der Waals surface area contributed by atoms with Crippen LogP contribution in [-0.4, -0.2) is 22.9 Å². The molecule has 0 aromatic heterocycles. The lowest BCUT2D eigenvalue weighted by molar-refractivity contribution is -0.136. The zero-order chi connectivity index (χ0) is 19.8. The molecule has 7 heteroatoms. The van der Waals surface area contributed by atoms with Crippen LogP contribution in [0.5, 0.6) is 0 Å². The van der Waals surface area contributed by atoms with Crippen LogP contribution in [0.4, 0.5) is 5.69 Å². The summed E-state index contributed by atoms with van der Waals surface area (Å²) in [7, 11) is 0. The minimum atomic E-state index is -0.947. The van der Waals surface area contributed by atoms with Crippen LogP contribution in [0.3, 0.4) is 0 Å². The van der Waals surface area contributed by atoms with E-state index in [1.165, 1.54) is 6.92 Å². The van der Waals surface area contributed by atoms with Crippen molar-refractivity contribution in [1.29, 1.82) is 0 Å². The molecule has 2 aromatic rings. The van der Waals surface area contributed by atoms with Crippen molar-refractivity contribution in [1.82, 2.24) is 5.43 Å². The molecule has 0 heterocycles. The van der Waals surface area contributed by atoms with E-state index in [2.05, 4.69) is 10.7 Å². The summed E-state index contributed by atoms with van der Waals surface area (Å²) in [4.78, 5) is 33.6. The highest BCUT2D eigenvalue weighted by atomic mass is 16.4. The number of nitrogens with one attached hydrogen (secondary N) is 2. The first-order valence-corrected chi connectivity index (χ1v) is 8.56. The average molecular weight is 369 g/mol. The standard InChI is InChI=1S/C20H23N3O4/c1-13(24)22-18-10-15(8-9-17(18)12-20(26)27)5-2-14-3-6-16(7-4-14)11-19(25)23-21/h3-4,6-10H,2,5,11-12,21H2,1H3,(H,22,24)(H,23,25)(H,26,27). The number of anilines is 1. The van der Waals surface area contributed by atoms with Gasteiger partial charge in [0.2, 0.25) is 11.8 Å². The quantitative estimate of drug-likeness (QED) is 0.320. The monoisotopic (exact) mass is 369 g/mol. The van der Waals surface area contributed by atoms with Gasteiger partial charge in [-0.15, -0.1) is 0 Å². The van der Waals surface area contributed by atoms with Crippen LogP contribution < -0.4 is 16.6 Å². The van der Waals surface area contributed by atoms with E-state index in [0.717, 1.165) is 29.5 Å². The summed E-state index contributed by atoms with van der Waals surface area (Å²) in [5.74, 6) is 3.66. The molecule has 7 nitrogen and oxygen atoms in total. The van der Waals surface area contributed by atoms with Gasteiger partial charge in [0, 0.05) is 12.6 Å². The van der Waals surface area contributed by atoms with Crippen molar-refractivity contribution in [2.24, 2.45) is 5.84 Å². The highest BCUT2D eigenvalue weighted by Crippen LogP contribution is 2.20. The smallest absolute Gasteiger partial charge is 0.307 e. The molecule has 0 saturated heterocycles. The minimum absolute atomic E-state index is 0.145. The maximum absolute atomic E-state index is 11.4. The Morgan fingerprint density at radius 1 is 0.926 bits per heavy atom. The van der Waals surface area contributed by atoms with E-state index in [4.69, 9.17) is 10.9 Å². The number of carbonyl (C=O) groups is 3. The molecule has 0 saturated carbocycles. The third kappa shape index (κ3) is 6.56. The number of hydrogen-bond donors (Lipinski definition) is 4. The first-order chi connectivity index (χ1) is 12.9. The second-order valence-corrected chi connectivity index (χ2v) is 6.30. The van der Waals surface area contributed by atoms with Crippen molar-refractivity contribution in [2.75, 3.05) is 5.32 Å². The van der Waals surface area contributed by atoms with Gasteiger partial charge < -0.3 is 10.4 Å². The Hall–Kier alpha value is -3.19. The van der Waals surface area contributed by atoms with Crippen molar-refractivity contribution in [3.63, 3.8) is 0 Å². The Kier molecular flexibility index (Phi) is 7.08. The maximum atomic E-state index is 11.4. The van der Waals surface area contributed by atoms with E-state index >= 15 is 0 Å². The molecule has 0 bridgehead atoms. The van der Waals surface area contributed by atoms with Crippen molar-refractivity contribution < 1.29 is 19.5 Å². The van der Waals surface area contributed by atoms with Gasteiger partial charge >= 0.3 is 5.97 Å². The second kappa shape index (κ2) is 9.49. The van der Waals surface area contributed by atoms with Crippen LogP contribution >= 0.6 is 0 Å². The van der Waals surface area contributed by atoms with E-state index in [1.807, 2.05) is 36.4 Å². The summed E-state index contributed by atoms with van der Waals surface area (Å²) in [5, 5.41) is 11.7. The second-order valence-electron chi connectivity index (χ2n) is 6.30. The molecule has 2 rings (SSSR count). The number of aliphatic carboxylic acids is 1. The van der Waals surface area contributed by atoms with Crippen LogP contribution in [0.15, 0.2) is 42.5 Å². The molecule has 0 unspecified atom stereocenters. The minimum Gasteiger partial charge on any atom is -0.481 e. The number of rotatable bonds is 8. The maximum Gasteiger partial charge on any atom is 0.307 e. The third-order valence-electron chi connectivity index (χ3n) is 4.08. The Balaban J connectivity index is 2.05. The molecule has 2 amide bonds.